The molecule has 0 aromatic carbocycles. The highest BCUT2D eigenvalue weighted by atomic mass is 32.1. The van der Waals surface area contributed by atoms with Crippen molar-refractivity contribution in [2.45, 2.75) is 19.4 Å². The van der Waals surface area contributed by atoms with Gasteiger partial charge in [0.15, 0.2) is 0 Å². The highest BCUT2D eigenvalue weighted by Crippen LogP contribution is 2.07. The van der Waals surface area contributed by atoms with E-state index in [0.29, 0.717) is 11.4 Å². The minimum atomic E-state index is 0.101. The molecule has 1 heterocycles. The molecule has 1 saturated heterocycles. The third-order valence-electron chi connectivity index (χ3n) is 3.30. The molecule has 1 atom stereocenters. The zero-order valence-electron chi connectivity index (χ0n) is 10.6. The maximum atomic E-state index is 11.1. The van der Waals surface area contributed by atoms with Crippen molar-refractivity contribution in [3.05, 3.63) is 0 Å². The molecule has 0 saturated carbocycles. The lowest BCUT2D eigenvalue weighted by atomic mass is 10.2. The van der Waals surface area contributed by atoms with Gasteiger partial charge in [-0.25, -0.2) is 0 Å². The Hall–Kier alpha value is -0.720. The lowest BCUT2D eigenvalue weighted by molar-refractivity contribution is -0.121. The topological polar surface area (TPSA) is 61.6 Å². The lowest BCUT2D eigenvalue weighted by Gasteiger charge is -2.37. The van der Waals surface area contributed by atoms with Crippen molar-refractivity contribution in [2.75, 3.05) is 39.8 Å². The van der Waals surface area contributed by atoms with Gasteiger partial charge in [-0.3, -0.25) is 9.69 Å². The van der Waals surface area contributed by atoms with Crippen LogP contribution in [0.2, 0.25) is 0 Å². The molecule has 0 bridgehead atoms. The Bertz CT molecular complexity index is 277. The molecule has 0 radical (unpaired) electrons. The van der Waals surface area contributed by atoms with Gasteiger partial charge in [-0.2, -0.15) is 0 Å². The minimum Gasteiger partial charge on any atom is -0.392 e. The van der Waals surface area contributed by atoms with Crippen molar-refractivity contribution >= 4 is 23.1 Å². The van der Waals surface area contributed by atoms with E-state index in [1.807, 2.05) is 6.92 Å². The number of piperazine rings is 1. The summed E-state index contributed by atoms with van der Waals surface area (Å²) < 4.78 is 0. The van der Waals surface area contributed by atoms with Crippen LogP contribution in [0, 0.1) is 0 Å². The predicted octanol–water partition coefficient (Wildman–Crippen LogP) is -0.585. The van der Waals surface area contributed by atoms with Gasteiger partial charge < -0.3 is 16.0 Å². The van der Waals surface area contributed by atoms with Crippen LogP contribution in [0.15, 0.2) is 0 Å². The summed E-state index contributed by atoms with van der Waals surface area (Å²) in [4.78, 5) is 16.3. The summed E-state index contributed by atoms with van der Waals surface area (Å²) in [5, 5.41) is 2.64. The van der Waals surface area contributed by atoms with Crippen LogP contribution < -0.4 is 11.1 Å². The zero-order valence-corrected chi connectivity index (χ0v) is 11.4. The molecule has 98 valence electrons. The van der Waals surface area contributed by atoms with E-state index < -0.39 is 0 Å². The van der Waals surface area contributed by atoms with Crippen molar-refractivity contribution in [3.8, 4) is 0 Å². The van der Waals surface area contributed by atoms with E-state index >= 15 is 0 Å². The predicted molar refractivity (Wildman–Crippen MR) is 72.9 cm³/mol. The summed E-state index contributed by atoms with van der Waals surface area (Å²) in [5.74, 6) is 0.101. The number of rotatable bonds is 5. The van der Waals surface area contributed by atoms with Gasteiger partial charge in [0.2, 0.25) is 5.91 Å². The average Bonchev–Trinajstić information content (AvgIpc) is 2.35. The highest BCUT2D eigenvalue weighted by Gasteiger charge is 2.22. The molecule has 1 rings (SSSR count). The quantitative estimate of drug-likeness (QED) is 0.646. The molecule has 6 heteroatoms. The summed E-state index contributed by atoms with van der Waals surface area (Å²) in [5.41, 5.74) is 5.64. The number of hydrogen-bond acceptors (Lipinski definition) is 4. The molecule has 1 unspecified atom stereocenters. The summed E-state index contributed by atoms with van der Waals surface area (Å²) in [6, 6.07) is 0.172. The van der Waals surface area contributed by atoms with E-state index in [2.05, 4.69) is 15.1 Å². The Labute approximate surface area is 108 Å². The molecule has 1 aliphatic heterocycles. The number of nitrogens with zero attached hydrogens (tertiary/aromatic N) is 2. The fraction of sp³-hybridized carbons (Fsp3) is 0.818. The Morgan fingerprint density at radius 3 is 2.47 bits per heavy atom. The molecule has 0 aliphatic carbocycles. The van der Waals surface area contributed by atoms with E-state index in [1.54, 1.807) is 7.05 Å². The average molecular weight is 258 g/mol. The van der Waals surface area contributed by atoms with Gasteiger partial charge in [-0.05, 0) is 6.92 Å². The third kappa shape index (κ3) is 4.57. The zero-order chi connectivity index (χ0) is 12.8. The first-order valence-corrected chi connectivity index (χ1v) is 6.41. The molecule has 0 aromatic heterocycles. The minimum absolute atomic E-state index is 0.101. The number of hydrogen-bond donors (Lipinski definition) is 2. The van der Waals surface area contributed by atoms with Crippen molar-refractivity contribution in [3.63, 3.8) is 0 Å². The molecule has 0 spiro atoms. The van der Waals surface area contributed by atoms with Crippen LogP contribution in [0.5, 0.6) is 0 Å². The maximum absolute atomic E-state index is 11.1. The number of amides is 1. The molecular weight excluding hydrogens is 236 g/mol. The van der Waals surface area contributed by atoms with Crippen molar-refractivity contribution < 1.29 is 4.79 Å². The van der Waals surface area contributed by atoms with Gasteiger partial charge in [-0.1, -0.05) is 12.2 Å². The fourth-order valence-electron chi connectivity index (χ4n) is 1.94. The maximum Gasteiger partial charge on any atom is 0.221 e. The number of thiocarbonyl (C=S) groups is 1. The Balaban J connectivity index is 2.26. The third-order valence-corrected chi connectivity index (χ3v) is 3.64. The SMILES string of the molecule is CNC(=O)CCN1CCN(C(C)C(N)=S)CC1. The fourth-order valence-corrected chi connectivity index (χ4v) is 2.09. The van der Waals surface area contributed by atoms with Crippen LogP contribution in [0.1, 0.15) is 13.3 Å². The van der Waals surface area contributed by atoms with E-state index in [1.165, 1.54) is 0 Å². The van der Waals surface area contributed by atoms with Crippen LogP contribution in [-0.2, 0) is 4.79 Å². The van der Waals surface area contributed by atoms with Crippen molar-refractivity contribution in [1.29, 1.82) is 0 Å². The van der Waals surface area contributed by atoms with E-state index in [0.717, 1.165) is 32.7 Å². The molecule has 3 N–H and O–H groups in total. The second-order valence-electron chi connectivity index (χ2n) is 4.38. The van der Waals surface area contributed by atoms with E-state index in [-0.39, 0.29) is 11.9 Å². The Morgan fingerprint density at radius 2 is 2.00 bits per heavy atom. The molecular formula is C11H22N4OS. The van der Waals surface area contributed by atoms with Crippen LogP contribution in [0.4, 0.5) is 0 Å². The van der Waals surface area contributed by atoms with Crippen LogP contribution in [0.3, 0.4) is 0 Å². The number of carbonyl (C=O) groups is 1. The highest BCUT2D eigenvalue weighted by molar-refractivity contribution is 7.80. The summed E-state index contributed by atoms with van der Waals surface area (Å²) in [6.45, 7) is 6.75. The van der Waals surface area contributed by atoms with Crippen LogP contribution in [0.25, 0.3) is 0 Å². The number of nitrogens with one attached hydrogen (secondary N) is 1. The van der Waals surface area contributed by atoms with Crippen LogP contribution in [-0.4, -0.2) is 66.5 Å². The van der Waals surface area contributed by atoms with Crippen molar-refractivity contribution in [1.82, 2.24) is 15.1 Å². The van der Waals surface area contributed by atoms with E-state index in [9.17, 15) is 4.79 Å². The normalized spacial score (nSPS) is 19.9. The molecule has 17 heavy (non-hydrogen) atoms. The first-order valence-electron chi connectivity index (χ1n) is 6.01. The molecule has 5 nitrogen and oxygen atoms in total. The standard InChI is InChI=1S/C11H22N4OS/c1-9(11(12)17)15-7-5-14(6-8-15)4-3-10(16)13-2/h9H,3-8H2,1-2H3,(H2,12,17)(H,13,16). The van der Waals surface area contributed by atoms with Crippen molar-refractivity contribution in [2.24, 2.45) is 5.73 Å². The largest absolute Gasteiger partial charge is 0.392 e. The Morgan fingerprint density at radius 1 is 1.41 bits per heavy atom. The monoisotopic (exact) mass is 258 g/mol. The summed E-state index contributed by atoms with van der Waals surface area (Å²) in [7, 11) is 1.67. The van der Waals surface area contributed by atoms with Gasteiger partial charge in [-0.15, -0.1) is 0 Å². The smallest absolute Gasteiger partial charge is 0.221 e. The number of carbonyl (C=O) groups excluding carboxylic acids is 1. The van der Waals surface area contributed by atoms with Gasteiger partial charge in [0, 0.05) is 46.2 Å². The van der Waals surface area contributed by atoms with Gasteiger partial charge in [0.1, 0.15) is 0 Å². The number of nitrogens with two attached hydrogens (primary N) is 1. The first-order chi connectivity index (χ1) is 8.04. The van der Waals surface area contributed by atoms with Gasteiger partial charge in [0.05, 0.1) is 11.0 Å². The molecule has 1 amide bonds. The van der Waals surface area contributed by atoms with Crippen LogP contribution >= 0.6 is 12.2 Å². The van der Waals surface area contributed by atoms with E-state index in [4.69, 9.17) is 18.0 Å². The molecule has 1 aliphatic rings. The second kappa shape index (κ2) is 6.88. The molecule has 1 fully saturated rings. The summed E-state index contributed by atoms with van der Waals surface area (Å²) >= 11 is 5.00. The lowest BCUT2D eigenvalue weighted by Crippen LogP contribution is -2.53. The summed E-state index contributed by atoms with van der Waals surface area (Å²) in [6.07, 6.45) is 0.571. The first kappa shape index (κ1) is 14.3. The molecule has 0 aromatic rings. The van der Waals surface area contributed by atoms with Gasteiger partial charge in [0.25, 0.3) is 0 Å². The Kier molecular flexibility index (Phi) is 5.80. The van der Waals surface area contributed by atoms with Gasteiger partial charge >= 0.3 is 0 Å². The second-order valence-corrected chi connectivity index (χ2v) is 4.85.